The van der Waals surface area contributed by atoms with E-state index in [2.05, 4.69) is 0 Å². The lowest BCUT2D eigenvalue weighted by Crippen LogP contribution is -2.38. The van der Waals surface area contributed by atoms with Gasteiger partial charge in [-0.1, -0.05) is 20.8 Å². The van der Waals surface area contributed by atoms with E-state index in [0.717, 1.165) is 6.42 Å². The van der Waals surface area contributed by atoms with E-state index in [0.29, 0.717) is 5.92 Å². The molecule has 0 aliphatic heterocycles. The van der Waals surface area contributed by atoms with Gasteiger partial charge in [-0.15, -0.1) is 0 Å². The molecule has 2 atom stereocenters. The van der Waals surface area contributed by atoms with E-state index < -0.39 is 0 Å². The number of rotatable bonds is 3. The molecule has 2 nitrogen and oxygen atoms in total. The first-order valence-corrected chi connectivity index (χ1v) is 3.53. The van der Waals surface area contributed by atoms with Crippen molar-refractivity contribution >= 4 is 0 Å². The monoisotopic (exact) mass is 131 g/mol. The summed E-state index contributed by atoms with van der Waals surface area (Å²) in [7, 11) is 0. The van der Waals surface area contributed by atoms with E-state index in [1.807, 2.05) is 20.8 Å². The summed E-state index contributed by atoms with van der Waals surface area (Å²) >= 11 is 0. The highest BCUT2D eigenvalue weighted by atomic mass is 16.3. The number of hydrogen-bond donors (Lipinski definition) is 2. The van der Waals surface area contributed by atoms with Gasteiger partial charge >= 0.3 is 0 Å². The van der Waals surface area contributed by atoms with Gasteiger partial charge in [0.05, 0.1) is 6.10 Å². The fourth-order valence-electron chi connectivity index (χ4n) is 0.716. The quantitative estimate of drug-likeness (QED) is 0.593. The van der Waals surface area contributed by atoms with Crippen molar-refractivity contribution in [2.75, 3.05) is 0 Å². The second-order valence-electron chi connectivity index (χ2n) is 2.80. The lowest BCUT2D eigenvalue weighted by Gasteiger charge is -2.20. The van der Waals surface area contributed by atoms with Crippen molar-refractivity contribution in [3.63, 3.8) is 0 Å². The van der Waals surface area contributed by atoms with Crippen LogP contribution >= 0.6 is 0 Å². The Hall–Kier alpha value is -0.0800. The lowest BCUT2D eigenvalue weighted by molar-refractivity contribution is 0.121. The maximum Gasteiger partial charge on any atom is 0.0690 e. The summed E-state index contributed by atoms with van der Waals surface area (Å²) in [5, 5.41) is 9.17. The first-order valence-electron chi connectivity index (χ1n) is 3.53. The third-order valence-electron chi connectivity index (χ3n) is 1.63. The van der Waals surface area contributed by atoms with Crippen molar-refractivity contribution in [1.82, 2.24) is 0 Å². The molecular formula is C7H17NO. The number of aliphatic hydroxyl groups excluding tert-OH is 1. The van der Waals surface area contributed by atoms with Crippen LogP contribution in [0, 0.1) is 5.92 Å². The minimum atomic E-state index is -0.329. The third kappa shape index (κ3) is 2.82. The zero-order valence-electron chi connectivity index (χ0n) is 6.46. The average Bonchev–Trinajstić information content (AvgIpc) is 1.84. The number of nitrogens with two attached hydrogens (primary N) is 1. The Morgan fingerprint density at radius 2 is 1.89 bits per heavy atom. The zero-order chi connectivity index (χ0) is 7.44. The first kappa shape index (κ1) is 8.92. The molecule has 0 bridgehead atoms. The van der Waals surface area contributed by atoms with Crippen molar-refractivity contribution in [2.24, 2.45) is 11.7 Å². The molecule has 0 unspecified atom stereocenters. The van der Waals surface area contributed by atoms with Crippen molar-refractivity contribution in [2.45, 2.75) is 39.3 Å². The molecule has 0 aromatic carbocycles. The number of aliphatic hydroxyl groups is 1. The van der Waals surface area contributed by atoms with Gasteiger partial charge in [-0.25, -0.2) is 0 Å². The molecule has 0 rings (SSSR count). The van der Waals surface area contributed by atoms with E-state index in [1.165, 1.54) is 0 Å². The normalized spacial score (nSPS) is 18.0. The lowest BCUT2D eigenvalue weighted by atomic mass is 9.98. The Morgan fingerprint density at radius 3 is 2.00 bits per heavy atom. The highest BCUT2D eigenvalue weighted by Crippen LogP contribution is 2.05. The molecule has 2 heteroatoms. The smallest absolute Gasteiger partial charge is 0.0690 e. The van der Waals surface area contributed by atoms with Crippen LogP contribution < -0.4 is 5.73 Å². The van der Waals surface area contributed by atoms with E-state index >= 15 is 0 Å². The highest BCUT2D eigenvalue weighted by molar-refractivity contribution is 4.72. The summed E-state index contributed by atoms with van der Waals surface area (Å²) < 4.78 is 0. The Labute approximate surface area is 57.1 Å². The summed E-state index contributed by atoms with van der Waals surface area (Å²) in [6, 6.07) is -0.0602. The molecule has 3 N–H and O–H groups in total. The molecule has 9 heavy (non-hydrogen) atoms. The van der Waals surface area contributed by atoms with E-state index in [-0.39, 0.29) is 12.1 Å². The zero-order valence-corrected chi connectivity index (χ0v) is 6.46. The maximum absolute atomic E-state index is 9.17. The van der Waals surface area contributed by atoms with Crippen LogP contribution in [0.3, 0.4) is 0 Å². The predicted molar refractivity (Wildman–Crippen MR) is 39.1 cm³/mol. The van der Waals surface area contributed by atoms with Gasteiger partial charge in [0.15, 0.2) is 0 Å². The van der Waals surface area contributed by atoms with Crippen molar-refractivity contribution in [3.05, 3.63) is 0 Å². The summed E-state index contributed by atoms with van der Waals surface area (Å²) in [5.74, 6) is 0.375. The molecular weight excluding hydrogens is 114 g/mol. The molecule has 0 aliphatic rings. The van der Waals surface area contributed by atoms with E-state index in [9.17, 15) is 5.11 Å². The first-order chi connectivity index (χ1) is 4.09. The van der Waals surface area contributed by atoms with E-state index in [1.54, 1.807) is 0 Å². The molecule has 0 saturated heterocycles. The van der Waals surface area contributed by atoms with Gasteiger partial charge in [0, 0.05) is 6.04 Å². The van der Waals surface area contributed by atoms with Gasteiger partial charge in [0.25, 0.3) is 0 Å². The average molecular weight is 131 g/mol. The second kappa shape index (κ2) is 3.85. The van der Waals surface area contributed by atoms with E-state index in [4.69, 9.17) is 5.73 Å². The number of hydrogen-bond acceptors (Lipinski definition) is 2. The van der Waals surface area contributed by atoms with Gasteiger partial charge in [-0.2, -0.15) is 0 Å². The van der Waals surface area contributed by atoms with Gasteiger partial charge in [0.2, 0.25) is 0 Å². The second-order valence-corrected chi connectivity index (χ2v) is 2.80. The maximum atomic E-state index is 9.17. The minimum absolute atomic E-state index is 0.0602. The summed E-state index contributed by atoms with van der Waals surface area (Å²) in [5.41, 5.74) is 5.62. The van der Waals surface area contributed by atoms with Crippen molar-refractivity contribution in [3.8, 4) is 0 Å². The molecule has 0 aromatic rings. The molecule has 0 amide bonds. The minimum Gasteiger partial charge on any atom is -0.392 e. The van der Waals surface area contributed by atoms with Crippen LogP contribution in [0.1, 0.15) is 27.2 Å². The summed E-state index contributed by atoms with van der Waals surface area (Å²) in [6.45, 7) is 5.97. The van der Waals surface area contributed by atoms with Gasteiger partial charge in [-0.3, -0.25) is 0 Å². The van der Waals surface area contributed by atoms with Gasteiger partial charge in [0.1, 0.15) is 0 Å². The van der Waals surface area contributed by atoms with Crippen LogP contribution in [0.2, 0.25) is 0 Å². The molecule has 0 fully saturated rings. The fraction of sp³-hybridized carbons (Fsp3) is 1.00. The highest BCUT2D eigenvalue weighted by Gasteiger charge is 2.15. The molecule has 0 aromatic heterocycles. The fourth-order valence-corrected chi connectivity index (χ4v) is 0.716. The summed E-state index contributed by atoms with van der Waals surface area (Å²) in [4.78, 5) is 0. The van der Waals surface area contributed by atoms with Crippen LogP contribution in [0.15, 0.2) is 0 Å². The SMILES string of the molecule is CC[C@H](O)[C@H](N)C(C)C. The molecule has 0 radical (unpaired) electrons. The molecule has 0 spiro atoms. The Kier molecular flexibility index (Phi) is 3.82. The van der Waals surface area contributed by atoms with Crippen LogP contribution in [0.5, 0.6) is 0 Å². The van der Waals surface area contributed by atoms with Gasteiger partial charge < -0.3 is 10.8 Å². The summed E-state index contributed by atoms with van der Waals surface area (Å²) in [6.07, 6.45) is 0.421. The van der Waals surface area contributed by atoms with Gasteiger partial charge in [-0.05, 0) is 12.3 Å². The Balaban J connectivity index is 3.58. The molecule has 56 valence electrons. The van der Waals surface area contributed by atoms with Crippen LogP contribution in [0.25, 0.3) is 0 Å². The van der Waals surface area contributed by atoms with Crippen LogP contribution in [0.4, 0.5) is 0 Å². The standard InChI is InChI=1S/C7H17NO/c1-4-6(9)7(8)5(2)3/h5-7,9H,4,8H2,1-3H3/t6-,7+/m0/s1. The Morgan fingerprint density at radius 1 is 1.44 bits per heavy atom. The topological polar surface area (TPSA) is 46.2 Å². The third-order valence-corrected chi connectivity index (χ3v) is 1.63. The van der Waals surface area contributed by atoms with Crippen molar-refractivity contribution in [1.29, 1.82) is 0 Å². The Bertz CT molecular complexity index is 73.3. The molecule has 0 saturated carbocycles. The molecule has 0 heterocycles. The predicted octanol–water partition coefficient (Wildman–Crippen LogP) is 0.741. The van der Waals surface area contributed by atoms with Crippen molar-refractivity contribution < 1.29 is 5.11 Å². The molecule has 0 aliphatic carbocycles. The van der Waals surface area contributed by atoms with Crippen LogP contribution in [-0.2, 0) is 0 Å². The van der Waals surface area contributed by atoms with Crippen LogP contribution in [-0.4, -0.2) is 17.3 Å². The largest absolute Gasteiger partial charge is 0.392 e.